The molecule has 1 saturated carbocycles. The summed E-state index contributed by atoms with van der Waals surface area (Å²) in [4.78, 5) is 17.2. The number of nitrogens with one attached hydrogen (secondary N) is 2. The number of rotatable bonds is 4. The summed E-state index contributed by atoms with van der Waals surface area (Å²) in [7, 11) is 0. The van der Waals surface area contributed by atoms with E-state index in [0.717, 1.165) is 40.9 Å². The maximum Gasteiger partial charge on any atom is 0.242 e. The molecule has 6 heteroatoms. The van der Waals surface area contributed by atoms with Crippen molar-refractivity contribution in [2.75, 3.05) is 5.32 Å². The largest absolute Gasteiger partial charge is 0.358 e. The van der Waals surface area contributed by atoms with Gasteiger partial charge in [0.25, 0.3) is 0 Å². The standard InChI is InChI=1S/C19H23N5O/c1-12-11-17-22-18(15-9-5-6-10-16(15)24(17)23-12)20-13(2)19(25)21-14-7-3-4-8-14/h5-6,9-11,13-14H,3-4,7-8H2,1-2H3,(H,20,22)(H,21,25). The van der Waals surface area contributed by atoms with Crippen molar-refractivity contribution in [1.82, 2.24) is 19.9 Å². The van der Waals surface area contributed by atoms with E-state index in [0.29, 0.717) is 6.04 Å². The summed E-state index contributed by atoms with van der Waals surface area (Å²) in [5, 5.41) is 11.9. The number of anilines is 1. The van der Waals surface area contributed by atoms with Gasteiger partial charge >= 0.3 is 0 Å². The quantitative estimate of drug-likeness (QED) is 0.767. The van der Waals surface area contributed by atoms with Crippen molar-refractivity contribution in [3.8, 4) is 0 Å². The number of nitrogens with zero attached hydrogens (tertiary/aromatic N) is 3. The van der Waals surface area contributed by atoms with Gasteiger partial charge in [-0.05, 0) is 38.8 Å². The maximum atomic E-state index is 12.5. The molecule has 0 aliphatic heterocycles. The SMILES string of the molecule is Cc1cc2nc(NC(C)C(=O)NC3CCCC3)c3ccccc3n2n1. The molecule has 1 amide bonds. The number of hydrogen-bond donors (Lipinski definition) is 2. The zero-order valence-electron chi connectivity index (χ0n) is 14.6. The lowest BCUT2D eigenvalue weighted by atomic mass is 10.2. The normalized spacial score (nSPS) is 16.4. The van der Waals surface area contributed by atoms with Crippen LogP contribution in [-0.2, 0) is 4.79 Å². The number of fused-ring (bicyclic) bond motifs is 3. The third-order valence-corrected chi connectivity index (χ3v) is 4.87. The molecule has 1 fully saturated rings. The van der Waals surface area contributed by atoms with E-state index in [-0.39, 0.29) is 11.9 Å². The van der Waals surface area contributed by atoms with Gasteiger partial charge in [0.15, 0.2) is 5.65 Å². The second-order valence-corrected chi connectivity index (χ2v) is 6.89. The van der Waals surface area contributed by atoms with Crippen molar-refractivity contribution >= 4 is 28.3 Å². The van der Waals surface area contributed by atoms with Gasteiger partial charge in [-0.25, -0.2) is 9.50 Å². The number of aryl methyl sites for hydroxylation is 1. The van der Waals surface area contributed by atoms with Crippen molar-refractivity contribution in [3.05, 3.63) is 36.0 Å². The fourth-order valence-corrected chi connectivity index (χ4v) is 3.55. The molecular weight excluding hydrogens is 314 g/mol. The number of benzene rings is 1. The zero-order chi connectivity index (χ0) is 17.4. The molecule has 3 aromatic rings. The van der Waals surface area contributed by atoms with Gasteiger partial charge in [0.1, 0.15) is 11.9 Å². The first kappa shape index (κ1) is 15.9. The van der Waals surface area contributed by atoms with E-state index in [9.17, 15) is 4.79 Å². The Hall–Kier alpha value is -2.63. The van der Waals surface area contributed by atoms with Crippen LogP contribution in [0.15, 0.2) is 30.3 Å². The topological polar surface area (TPSA) is 71.3 Å². The highest BCUT2D eigenvalue weighted by atomic mass is 16.2. The van der Waals surface area contributed by atoms with E-state index < -0.39 is 0 Å². The third kappa shape index (κ3) is 3.04. The number of carbonyl (C=O) groups is 1. The Balaban J connectivity index is 1.64. The molecule has 1 aliphatic rings. The van der Waals surface area contributed by atoms with Gasteiger partial charge < -0.3 is 10.6 Å². The highest BCUT2D eigenvalue weighted by molar-refractivity contribution is 5.93. The van der Waals surface area contributed by atoms with Gasteiger partial charge in [0, 0.05) is 17.5 Å². The first-order valence-corrected chi connectivity index (χ1v) is 8.94. The first-order valence-electron chi connectivity index (χ1n) is 8.94. The molecule has 1 aromatic carbocycles. The number of hydrogen-bond acceptors (Lipinski definition) is 4. The van der Waals surface area contributed by atoms with E-state index in [1.165, 1.54) is 12.8 Å². The molecule has 1 unspecified atom stereocenters. The highest BCUT2D eigenvalue weighted by Gasteiger charge is 2.21. The molecule has 130 valence electrons. The molecule has 2 N–H and O–H groups in total. The van der Waals surface area contributed by atoms with Crippen LogP contribution >= 0.6 is 0 Å². The van der Waals surface area contributed by atoms with E-state index in [1.807, 2.05) is 48.7 Å². The lowest BCUT2D eigenvalue weighted by Crippen LogP contribution is -2.42. The predicted molar refractivity (Wildman–Crippen MR) is 98.7 cm³/mol. The molecule has 1 aliphatic carbocycles. The van der Waals surface area contributed by atoms with Crippen molar-refractivity contribution < 1.29 is 4.79 Å². The monoisotopic (exact) mass is 337 g/mol. The van der Waals surface area contributed by atoms with Crippen LogP contribution in [0.25, 0.3) is 16.6 Å². The predicted octanol–water partition coefficient (Wildman–Crippen LogP) is 3.05. The van der Waals surface area contributed by atoms with Crippen molar-refractivity contribution in [1.29, 1.82) is 0 Å². The number of aromatic nitrogens is 3. The zero-order valence-corrected chi connectivity index (χ0v) is 14.6. The second kappa shape index (κ2) is 6.35. The molecule has 1 atom stereocenters. The minimum atomic E-state index is -0.344. The third-order valence-electron chi connectivity index (χ3n) is 4.87. The van der Waals surface area contributed by atoms with Crippen molar-refractivity contribution in [2.45, 2.75) is 51.6 Å². The molecule has 2 heterocycles. The lowest BCUT2D eigenvalue weighted by molar-refractivity contribution is -0.122. The number of carbonyl (C=O) groups excluding carboxylic acids is 1. The first-order chi connectivity index (χ1) is 12.1. The Bertz CT molecular complexity index is 926. The second-order valence-electron chi connectivity index (χ2n) is 6.89. The van der Waals surface area contributed by atoms with Gasteiger partial charge in [-0.15, -0.1) is 0 Å². The van der Waals surface area contributed by atoms with E-state index in [1.54, 1.807) is 0 Å². The fraction of sp³-hybridized carbons (Fsp3) is 0.421. The summed E-state index contributed by atoms with van der Waals surface area (Å²) in [6, 6.07) is 9.90. The minimum absolute atomic E-state index is 0.0299. The molecule has 4 rings (SSSR count). The van der Waals surface area contributed by atoms with Crippen molar-refractivity contribution in [3.63, 3.8) is 0 Å². The van der Waals surface area contributed by atoms with Gasteiger partial charge in [0.2, 0.25) is 5.91 Å². The lowest BCUT2D eigenvalue weighted by Gasteiger charge is -2.19. The Labute approximate surface area is 146 Å². The van der Waals surface area contributed by atoms with Crippen LogP contribution in [0.1, 0.15) is 38.3 Å². The van der Waals surface area contributed by atoms with E-state index >= 15 is 0 Å². The van der Waals surface area contributed by atoms with Crippen LogP contribution in [0.2, 0.25) is 0 Å². The van der Waals surface area contributed by atoms with Crippen LogP contribution in [0.3, 0.4) is 0 Å². The Kier molecular flexibility index (Phi) is 4.03. The molecule has 6 nitrogen and oxygen atoms in total. The Morgan fingerprint density at radius 1 is 1.28 bits per heavy atom. The van der Waals surface area contributed by atoms with Gasteiger partial charge in [-0.3, -0.25) is 4.79 Å². The van der Waals surface area contributed by atoms with Gasteiger partial charge in [0.05, 0.1) is 11.2 Å². The summed E-state index contributed by atoms with van der Waals surface area (Å²) < 4.78 is 1.85. The number of para-hydroxylation sites is 1. The Morgan fingerprint density at radius 2 is 2.04 bits per heavy atom. The molecule has 0 radical (unpaired) electrons. The molecule has 25 heavy (non-hydrogen) atoms. The van der Waals surface area contributed by atoms with Crippen LogP contribution in [0.4, 0.5) is 5.82 Å². The van der Waals surface area contributed by atoms with Crippen LogP contribution < -0.4 is 10.6 Å². The molecule has 2 aromatic heterocycles. The van der Waals surface area contributed by atoms with E-state index in [2.05, 4.69) is 20.7 Å². The van der Waals surface area contributed by atoms with Crippen LogP contribution in [0.5, 0.6) is 0 Å². The average molecular weight is 337 g/mol. The molecule has 0 saturated heterocycles. The summed E-state index contributed by atoms with van der Waals surface area (Å²) in [6.07, 6.45) is 4.58. The van der Waals surface area contributed by atoms with Crippen molar-refractivity contribution in [2.24, 2.45) is 0 Å². The number of amides is 1. The molecule has 0 spiro atoms. The smallest absolute Gasteiger partial charge is 0.242 e. The molecular formula is C19H23N5O. The Morgan fingerprint density at radius 3 is 2.84 bits per heavy atom. The summed E-state index contributed by atoms with van der Waals surface area (Å²) in [6.45, 7) is 3.83. The van der Waals surface area contributed by atoms with Crippen LogP contribution in [-0.4, -0.2) is 32.6 Å². The minimum Gasteiger partial charge on any atom is -0.358 e. The van der Waals surface area contributed by atoms with Crippen LogP contribution in [0, 0.1) is 6.92 Å². The van der Waals surface area contributed by atoms with E-state index in [4.69, 9.17) is 0 Å². The molecule has 0 bridgehead atoms. The fourth-order valence-electron chi connectivity index (χ4n) is 3.55. The highest BCUT2D eigenvalue weighted by Crippen LogP contribution is 2.24. The van der Waals surface area contributed by atoms with Gasteiger partial charge in [-0.2, -0.15) is 5.10 Å². The maximum absolute atomic E-state index is 12.5. The van der Waals surface area contributed by atoms with Gasteiger partial charge in [-0.1, -0.05) is 25.0 Å². The summed E-state index contributed by atoms with van der Waals surface area (Å²) >= 11 is 0. The summed E-state index contributed by atoms with van der Waals surface area (Å²) in [5.41, 5.74) is 2.68. The average Bonchev–Trinajstić information content (AvgIpc) is 3.23. The summed E-state index contributed by atoms with van der Waals surface area (Å²) in [5.74, 6) is 0.749.